The summed E-state index contributed by atoms with van der Waals surface area (Å²) in [6.45, 7) is 3.93. The zero-order chi connectivity index (χ0) is 13.5. The first-order chi connectivity index (χ1) is 9.09. The number of piperidine rings is 1. The maximum Gasteiger partial charge on any atom is 0.304 e. The van der Waals surface area contributed by atoms with Gasteiger partial charge < -0.3 is 0 Å². The van der Waals surface area contributed by atoms with Gasteiger partial charge in [0.25, 0.3) is 0 Å². The molecule has 0 aliphatic carbocycles. The van der Waals surface area contributed by atoms with Gasteiger partial charge in [-0.25, -0.2) is 0 Å². The highest BCUT2D eigenvalue weighted by Gasteiger charge is 2.36. The number of rotatable bonds is 2. The van der Waals surface area contributed by atoms with Crippen LogP contribution < -0.4 is 4.31 Å². The van der Waals surface area contributed by atoms with Crippen molar-refractivity contribution in [2.75, 3.05) is 23.9 Å². The van der Waals surface area contributed by atoms with Crippen molar-refractivity contribution in [3.05, 3.63) is 24.0 Å². The quantitative estimate of drug-likeness (QED) is 0.824. The molecule has 1 aromatic heterocycles. The summed E-state index contributed by atoms with van der Waals surface area (Å²) in [5.41, 5.74) is 1.82. The Labute approximate surface area is 114 Å². The molecule has 104 valence electrons. The third-order valence-electron chi connectivity index (χ3n) is 3.96. The Balaban J connectivity index is 1.90. The molecule has 1 fully saturated rings. The minimum atomic E-state index is -3.37. The third-order valence-corrected chi connectivity index (χ3v) is 5.88. The molecule has 3 heterocycles. The summed E-state index contributed by atoms with van der Waals surface area (Å²) in [5, 5.41) is 0. The van der Waals surface area contributed by atoms with Crippen LogP contribution >= 0.6 is 0 Å². The lowest BCUT2D eigenvalue weighted by molar-refractivity contribution is 0.280. The van der Waals surface area contributed by atoms with Gasteiger partial charge in [-0.3, -0.25) is 9.29 Å². The largest absolute Gasteiger partial charge is 0.304 e. The van der Waals surface area contributed by atoms with E-state index in [1.165, 1.54) is 0 Å². The predicted molar refractivity (Wildman–Crippen MR) is 74.2 cm³/mol. The molecular weight excluding hydrogens is 262 g/mol. The number of aromatic nitrogens is 1. The van der Waals surface area contributed by atoms with Gasteiger partial charge in [0, 0.05) is 32.0 Å². The van der Waals surface area contributed by atoms with Gasteiger partial charge in [-0.1, -0.05) is 6.92 Å². The molecule has 1 atom stereocenters. The average Bonchev–Trinajstić information content (AvgIpc) is 2.83. The summed E-state index contributed by atoms with van der Waals surface area (Å²) in [6, 6.07) is 1.80. The van der Waals surface area contributed by atoms with Crippen LogP contribution in [-0.2, 0) is 16.6 Å². The monoisotopic (exact) mass is 281 g/mol. The van der Waals surface area contributed by atoms with Gasteiger partial charge in [0.1, 0.15) is 0 Å². The van der Waals surface area contributed by atoms with Crippen molar-refractivity contribution < 1.29 is 8.42 Å². The average molecular weight is 281 g/mol. The zero-order valence-electron chi connectivity index (χ0n) is 11.1. The number of anilines is 1. The van der Waals surface area contributed by atoms with E-state index in [2.05, 4.69) is 11.9 Å². The molecule has 1 aromatic rings. The Morgan fingerprint density at radius 3 is 3.00 bits per heavy atom. The van der Waals surface area contributed by atoms with Crippen molar-refractivity contribution in [1.29, 1.82) is 0 Å². The second-order valence-corrected chi connectivity index (χ2v) is 7.29. The fraction of sp³-hybridized carbons (Fsp3) is 0.615. The molecule has 2 aliphatic rings. The summed E-state index contributed by atoms with van der Waals surface area (Å²) < 4.78 is 28.6. The van der Waals surface area contributed by atoms with Crippen LogP contribution in [0.5, 0.6) is 0 Å². The van der Waals surface area contributed by atoms with Crippen LogP contribution in [0.1, 0.15) is 25.3 Å². The van der Waals surface area contributed by atoms with E-state index in [-0.39, 0.29) is 0 Å². The lowest BCUT2D eigenvalue weighted by Crippen LogP contribution is -2.47. The maximum absolute atomic E-state index is 12.7. The van der Waals surface area contributed by atoms with E-state index < -0.39 is 10.2 Å². The van der Waals surface area contributed by atoms with E-state index in [1.54, 1.807) is 27.1 Å². The van der Waals surface area contributed by atoms with Crippen molar-refractivity contribution >= 4 is 15.9 Å². The maximum atomic E-state index is 12.7. The molecule has 0 radical (unpaired) electrons. The molecule has 5 nitrogen and oxygen atoms in total. The topological polar surface area (TPSA) is 53.5 Å². The number of fused-ring (bicyclic) bond motifs is 1. The van der Waals surface area contributed by atoms with Gasteiger partial charge in [-0.15, -0.1) is 0 Å². The van der Waals surface area contributed by atoms with Crippen LogP contribution in [0.4, 0.5) is 5.69 Å². The van der Waals surface area contributed by atoms with E-state index in [0.29, 0.717) is 25.6 Å². The Hall–Kier alpha value is -1.14. The second kappa shape index (κ2) is 4.76. The molecule has 0 unspecified atom stereocenters. The Morgan fingerprint density at radius 1 is 1.37 bits per heavy atom. The first-order valence-corrected chi connectivity index (χ1v) is 8.19. The minimum absolute atomic E-state index is 0.447. The van der Waals surface area contributed by atoms with E-state index in [4.69, 9.17) is 0 Å². The van der Waals surface area contributed by atoms with Crippen molar-refractivity contribution in [3.63, 3.8) is 0 Å². The van der Waals surface area contributed by atoms with Crippen LogP contribution in [-0.4, -0.2) is 37.3 Å². The van der Waals surface area contributed by atoms with Crippen molar-refractivity contribution in [1.82, 2.24) is 9.29 Å². The smallest absolute Gasteiger partial charge is 0.264 e. The van der Waals surface area contributed by atoms with Crippen LogP contribution in [0.3, 0.4) is 0 Å². The van der Waals surface area contributed by atoms with E-state index in [9.17, 15) is 8.42 Å². The second-order valence-electron chi connectivity index (χ2n) is 5.44. The lowest BCUT2D eigenvalue weighted by atomic mass is 10.0. The van der Waals surface area contributed by atoms with Crippen LogP contribution in [0.25, 0.3) is 0 Å². The van der Waals surface area contributed by atoms with Gasteiger partial charge in [-0.05, 0) is 36.8 Å². The highest BCUT2D eigenvalue weighted by Crippen LogP contribution is 2.31. The summed E-state index contributed by atoms with van der Waals surface area (Å²) in [7, 11) is -3.37. The zero-order valence-corrected chi connectivity index (χ0v) is 11.9. The molecule has 19 heavy (non-hydrogen) atoms. The molecule has 0 N–H and O–H groups in total. The highest BCUT2D eigenvalue weighted by molar-refractivity contribution is 7.90. The Morgan fingerprint density at radius 2 is 2.21 bits per heavy atom. The summed E-state index contributed by atoms with van der Waals surface area (Å²) in [5.74, 6) is 0.447. The number of nitrogens with zero attached hydrogens (tertiary/aromatic N) is 3. The first-order valence-electron chi connectivity index (χ1n) is 6.80. The standard InChI is InChI=1S/C13H19N3O2S/c1-11-3-2-7-15(10-11)19(17,18)16-8-5-12-9-14-6-4-13(12)16/h4,6,9,11H,2-3,5,7-8,10H2,1H3/t11-/m0/s1. The van der Waals surface area contributed by atoms with Crippen LogP contribution in [0.2, 0.25) is 0 Å². The SMILES string of the molecule is C[C@H]1CCCN(S(=O)(=O)N2CCc3cnccc32)C1. The summed E-state index contributed by atoms with van der Waals surface area (Å²) in [6.07, 6.45) is 6.25. The van der Waals surface area contributed by atoms with Crippen molar-refractivity contribution in [2.24, 2.45) is 5.92 Å². The molecule has 2 aliphatic heterocycles. The highest BCUT2D eigenvalue weighted by atomic mass is 32.2. The van der Waals surface area contributed by atoms with Gasteiger partial charge in [0.15, 0.2) is 0 Å². The minimum Gasteiger partial charge on any atom is -0.264 e. The molecule has 6 heteroatoms. The van der Waals surface area contributed by atoms with E-state index >= 15 is 0 Å². The molecule has 3 rings (SSSR count). The molecule has 0 bridgehead atoms. The Kier molecular flexibility index (Phi) is 3.22. The molecule has 1 saturated heterocycles. The number of hydrogen-bond acceptors (Lipinski definition) is 3. The van der Waals surface area contributed by atoms with Gasteiger partial charge in [-0.2, -0.15) is 12.7 Å². The third kappa shape index (κ3) is 2.23. The van der Waals surface area contributed by atoms with Crippen LogP contribution in [0, 0.1) is 5.92 Å². The molecular formula is C13H19N3O2S. The molecule has 0 saturated carbocycles. The van der Waals surface area contributed by atoms with E-state index in [0.717, 1.165) is 30.5 Å². The molecule has 0 amide bonds. The van der Waals surface area contributed by atoms with Crippen LogP contribution in [0.15, 0.2) is 18.5 Å². The summed E-state index contributed by atoms with van der Waals surface area (Å²) >= 11 is 0. The molecule has 0 spiro atoms. The van der Waals surface area contributed by atoms with Gasteiger partial charge in [0.05, 0.1) is 5.69 Å². The number of pyridine rings is 1. The Bertz CT molecular complexity index is 573. The molecule has 0 aromatic carbocycles. The van der Waals surface area contributed by atoms with Crippen molar-refractivity contribution in [3.8, 4) is 0 Å². The van der Waals surface area contributed by atoms with Gasteiger partial charge >= 0.3 is 10.2 Å². The fourth-order valence-electron chi connectivity index (χ4n) is 2.93. The number of hydrogen-bond donors (Lipinski definition) is 0. The van der Waals surface area contributed by atoms with Crippen molar-refractivity contribution in [2.45, 2.75) is 26.2 Å². The predicted octanol–water partition coefficient (Wildman–Crippen LogP) is 1.42. The summed E-state index contributed by atoms with van der Waals surface area (Å²) in [4.78, 5) is 4.06. The van der Waals surface area contributed by atoms with Gasteiger partial charge in [0.2, 0.25) is 0 Å². The fourth-order valence-corrected chi connectivity index (χ4v) is 4.76. The van der Waals surface area contributed by atoms with E-state index in [1.807, 2.05) is 0 Å². The lowest BCUT2D eigenvalue weighted by Gasteiger charge is -2.33. The normalized spacial score (nSPS) is 24.5. The first kappa shape index (κ1) is 12.9.